The largest absolute Gasteiger partial charge is 0.333 e. The first-order valence-electron chi connectivity index (χ1n) is 10.7. The number of amides is 1. The number of aromatic nitrogens is 1. The molecular formula is C26H32N2O. The Kier molecular flexibility index (Phi) is 6.36. The van der Waals surface area contributed by atoms with Gasteiger partial charge >= 0.3 is 0 Å². The number of carbonyl (C=O) groups is 1. The molecule has 0 bridgehead atoms. The van der Waals surface area contributed by atoms with E-state index in [4.69, 9.17) is 4.98 Å². The van der Waals surface area contributed by atoms with E-state index in [0.717, 1.165) is 46.1 Å². The van der Waals surface area contributed by atoms with Crippen LogP contribution < -0.4 is 0 Å². The molecule has 0 aliphatic rings. The molecule has 0 aliphatic carbocycles. The standard InChI is InChI=1S/C26H32N2O/c1-7-18(4)28(19(5)8-2)26(29)24-20(6)25(21-15-13-17(3)14-16-21)27-23-12-10-9-11-22(23)24/h9-16,18-19H,7-8H2,1-6H3. The molecule has 3 nitrogen and oxygen atoms in total. The first-order chi connectivity index (χ1) is 13.9. The third-order valence-corrected chi connectivity index (χ3v) is 6.04. The number of aryl methyl sites for hydroxylation is 1. The normalized spacial score (nSPS) is 13.3. The Labute approximate surface area is 174 Å². The average Bonchev–Trinajstić information content (AvgIpc) is 2.73. The zero-order chi connectivity index (χ0) is 21.1. The van der Waals surface area contributed by atoms with E-state index < -0.39 is 0 Å². The Morgan fingerprint density at radius 1 is 0.931 bits per heavy atom. The molecule has 0 saturated heterocycles. The van der Waals surface area contributed by atoms with Crippen LogP contribution in [0.1, 0.15) is 62.0 Å². The first-order valence-corrected chi connectivity index (χ1v) is 10.7. The van der Waals surface area contributed by atoms with Crippen LogP contribution in [0, 0.1) is 13.8 Å². The average molecular weight is 389 g/mol. The van der Waals surface area contributed by atoms with E-state index in [2.05, 4.69) is 63.8 Å². The molecule has 3 heteroatoms. The molecule has 1 amide bonds. The van der Waals surface area contributed by atoms with Crippen LogP contribution >= 0.6 is 0 Å². The number of pyridine rings is 1. The smallest absolute Gasteiger partial charge is 0.255 e. The lowest BCUT2D eigenvalue weighted by molar-refractivity contribution is 0.0599. The number of rotatable bonds is 6. The van der Waals surface area contributed by atoms with Gasteiger partial charge in [0.25, 0.3) is 5.91 Å². The molecule has 1 heterocycles. The van der Waals surface area contributed by atoms with E-state index in [9.17, 15) is 4.79 Å². The van der Waals surface area contributed by atoms with E-state index in [0.29, 0.717) is 0 Å². The van der Waals surface area contributed by atoms with Crippen LogP contribution in [0.15, 0.2) is 48.5 Å². The lowest BCUT2D eigenvalue weighted by atomic mass is 9.95. The van der Waals surface area contributed by atoms with E-state index in [1.54, 1.807) is 0 Å². The van der Waals surface area contributed by atoms with Gasteiger partial charge in [-0.3, -0.25) is 4.79 Å². The minimum absolute atomic E-state index is 0.109. The highest BCUT2D eigenvalue weighted by Crippen LogP contribution is 2.32. The van der Waals surface area contributed by atoms with Gasteiger partial charge in [0.1, 0.15) is 0 Å². The second-order valence-electron chi connectivity index (χ2n) is 8.07. The topological polar surface area (TPSA) is 33.2 Å². The molecule has 0 aliphatic heterocycles. The van der Waals surface area contributed by atoms with Crippen molar-refractivity contribution in [3.8, 4) is 11.3 Å². The first kappa shape index (κ1) is 21.0. The summed E-state index contributed by atoms with van der Waals surface area (Å²) in [6.07, 6.45) is 1.87. The van der Waals surface area contributed by atoms with Gasteiger partial charge in [-0.15, -0.1) is 0 Å². The molecule has 2 aromatic carbocycles. The Morgan fingerprint density at radius 2 is 1.52 bits per heavy atom. The molecule has 3 rings (SSSR count). The SMILES string of the molecule is CCC(C)N(C(=O)c1c(C)c(-c2ccc(C)cc2)nc2ccccc12)C(C)CC. The summed E-state index contributed by atoms with van der Waals surface area (Å²) in [6.45, 7) is 12.7. The molecule has 2 atom stereocenters. The fourth-order valence-corrected chi connectivity index (χ4v) is 3.93. The van der Waals surface area contributed by atoms with Gasteiger partial charge in [-0.25, -0.2) is 4.98 Å². The zero-order valence-electron chi connectivity index (χ0n) is 18.5. The van der Waals surface area contributed by atoms with Gasteiger partial charge < -0.3 is 4.90 Å². The number of nitrogens with zero attached hydrogens (tertiary/aromatic N) is 2. The van der Waals surface area contributed by atoms with Crippen molar-refractivity contribution in [2.45, 2.75) is 66.5 Å². The summed E-state index contributed by atoms with van der Waals surface area (Å²) in [4.78, 5) is 20.9. The number of hydrogen-bond donors (Lipinski definition) is 0. The maximum Gasteiger partial charge on any atom is 0.255 e. The summed E-state index contributed by atoms with van der Waals surface area (Å²) in [7, 11) is 0. The van der Waals surface area contributed by atoms with Crippen molar-refractivity contribution in [1.29, 1.82) is 0 Å². The maximum absolute atomic E-state index is 13.9. The molecule has 0 radical (unpaired) electrons. The molecule has 1 aromatic heterocycles. The molecule has 0 saturated carbocycles. The minimum atomic E-state index is 0.109. The van der Waals surface area contributed by atoms with Crippen LogP contribution in [-0.4, -0.2) is 27.9 Å². The third kappa shape index (κ3) is 4.05. The van der Waals surface area contributed by atoms with E-state index in [1.807, 2.05) is 31.2 Å². The maximum atomic E-state index is 13.9. The number of fused-ring (bicyclic) bond motifs is 1. The molecule has 0 spiro atoms. The second-order valence-corrected chi connectivity index (χ2v) is 8.07. The van der Waals surface area contributed by atoms with Crippen LogP contribution in [0.5, 0.6) is 0 Å². The Bertz CT molecular complexity index is 997. The summed E-state index contributed by atoms with van der Waals surface area (Å²) in [6, 6.07) is 16.7. The third-order valence-electron chi connectivity index (χ3n) is 6.04. The van der Waals surface area contributed by atoms with E-state index >= 15 is 0 Å². The number of para-hydroxylation sites is 1. The molecule has 0 fully saturated rings. The Hall–Kier alpha value is -2.68. The fraction of sp³-hybridized carbons (Fsp3) is 0.385. The monoisotopic (exact) mass is 388 g/mol. The Morgan fingerprint density at radius 3 is 2.10 bits per heavy atom. The molecule has 2 unspecified atom stereocenters. The highest BCUT2D eigenvalue weighted by atomic mass is 16.2. The van der Waals surface area contributed by atoms with Crippen molar-refractivity contribution in [2.24, 2.45) is 0 Å². The minimum Gasteiger partial charge on any atom is -0.333 e. The van der Waals surface area contributed by atoms with Crippen LogP contribution in [0.3, 0.4) is 0 Å². The lowest BCUT2D eigenvalue weighted by Gasteiger charge is -2.35. The van der Waals surface area contributed by atoms with Crippen LogP contribution in [0.4, 0.5) is 0 Å². The zero-order valence-corrected chi connectivity index (χ0v) is 18.5. The summed E-state index contributed by atoms with van der Waals surface area (Å²) < 4.78 is 0. The van der Waals surface area contributed by atoms with Crippen molar-refractivity contribution in [3.63, 3.8) is 0 Å². The summed E-state index contributed by atoms with van der Waals surface area (Å²) in [5.74, 6) is 0.109. The summed E-state index contributed by atoms with van der Waals surface area (Å²) in [5, 5.41) is 0.933. The van der Waals surface area contributed by atoms with Crippen molar-refractivity contribution >= 4 is 16.8 Å². The lowest BCUT2D eigenvalue weighted by Crippen LogP contribution is -2.44. The van der Waals surface area contributed by atoms with E-state index in [-0.39, 0.29) is 18.0 Å². The van der Waals surface area contributed by atoms with Crippen molar-refractivity contribution < 1.29 is 4.79 Å². The van der Waals surface area contributed by atoms with Gasteiger partial charge in [-0.05, 0) is 52.2 Å². The van der Waals surface area contributed by atoms with Crippen LogP contribution in [0.2, 0.25) is 0 Å². The Balaban J connectivity index is 2.26. The number of benzene rings is 2. The van der Waals surface area contributed by atoms with Gasteiger partial charge in [-0.1, -0.05) is 61.9 Å². The van der Waals surface area contributed by atoms with Crippen LogP contribution in [-0.2, 0) is 0 Å². The fourth-order valence-electron chi connectivity index (χ4n) is 3.93. The van der Waals surface area contributed by atoms with Gasteiger partial charge in [0.15, 0.2) is 0 Å². The van der Waals surface area contributed by atoms with Crippen molar-refractivity contribution in [2.75, 3.05) is 0 Å². The number of carbonyl (C=O) groups excluding carboxylic acids is 1. The molecule has 152 valence electrons. The molecule has 29 heavy (non-hydrogen) atoms. The van der Waals surface area contributed by atoms with Gasteiger partial charge in [0, 0.05) is 23.0 Å². The molecule has 0 N–H and O–H groups in total. The predicted molar refractivity (Wildman–Crippen MR) is 122 cm³/mol. The van der Waals surface area contributed by atoms with Crippen molar-refractivity contribution in [1.82, 2.24) is 9.88 Å². The van der Waals surface area contributed by atoms with Gasteiger partial charge in [0.05, 0.1) is 16.8 Å². The molecule has 3 aromatic rings. The van der Waals surface area contributed by atoms with Crippen molar-refractivity contribution in [3.05, 3.63) is 65.2 Å². The highest BCUT2D eigenvalue weighted by Gasteiger charge is 2.28. The second kappa shape index (κ2) is 8.77. The highest BCUT2D eigenvalue weighted by molar-refractivity contribution is 6.09. The van der Waals surface area contributed by atoms with Gasteiger partial charge in [-0.2, -0.15) is 0 Å². The number of hydrogen-bond acceptors (Lipinski definition) is 2. The molecular weight excluding hydrogens is 356 g/mol. The van der Waals surface area contributed by atoms with Gasteiger partial charge in [0.2, 0.25) is 0 Å². The predicted octanol–water partition coefficient (Wildman–Crippen LogP) is 6.56. The van der Waals surface area contributed by atoms with E-state index in [1.165, 1.54) is 5.56 Å². The summed E-state index contributed by atoms with van der Waals surface area (Å²) in [5.41, 5.74) is 5.75. The summed E-state index contributed by atoms with van der Waals surface area (Å²) >= 11 is 0. The quantitative estimate of drug-likeness (QED) is 0.479. The van der Waals surface area contributed by atoms with Crippen LogP contribution in [0.25, 0.3) is 22.2 Å².